The van der Waals surface area contributed by atoms with E-state index in [1.165, 1.54) is 29.7 Å². The van der Waals surface area contributed by atoms with Crippen LogP contribution in [0.3, 0.4) is 0 Å². The van der Waals surface area contributed by atoms with Crippen molar-refractivity contribution in [1.29, 1.82) is 0 Å². The summed E-state index contributed by atoms with van der Waals surface area (Å²) in [6.45, 7) is 7.39. The maximum absolute atomic E-state index is 15.0. The van der Waals surface area contributed by atoms with Crippen LogP contribution in [0, 0.1) is 33.0 Å². The van der Waals surface area contributed by atoms with Gasteiger partial charge in [-0.05, 0) is 91.8 Å². The number of phenols is 1. The molecule has 7 rings (SSSR count). The van der Waals surface area contributed by atoms with Crippen molar-refractivity contribution in [2.24, 2.45) is 5.41 Å². The highest BCUT2D eigenvalue weighted by molar-refractivity contribution is 6.68. The predicted molar refractivity (Wildman–Crippen MR) is 241 cm³/mol. The number of nitrogens with zero attached hydrogens (tertiary/aromatic N) is 4. The Balaban J connectivity index is 0.000000637. The fourth-order valence-corrected chi connectivity index (χ4v) is 8.72. The molecule has 2 heterocycles. The van der Waals surface area contributed by atoms with Crippen molar-refractivity contribution in [1.82, 2.24) is 14.7 Å². The lowest BCUT2D eigenvalue weighted by Gasteiger charge is -2.57. The summed E-state index contributed by atoms with van der Waals surface area (Å²) in [5, 5.41) is 18.8. The van der Waals surface area contributed by atoms with Gasteiger partial charge in [-0.25, -0.2) is 18.4 Å². The van der Waals surface area contributed by atoms with Crippen LogP contribution in [0.5, 0.6) is 11.5 Å². The number of aromatic hydroxyl groups is 1. The van der Waals surface area contributed by atoms with Crippen LogP contribution < -0.4 is 4.74 Å². The molecule has 0 aromatic heterocycles. The second kappa shape index (κ2) is 20.2. The lowest BCUT2D eigenvalue weighted by molar-refractivity contribution is -0.763. The third kappa shape index (κ3) is 10.4. The third-order valence-electron chi connectivity index (χ3n) is 11.8. The molecule has 3 amide bonds. The van der Waals surface area contributed by atoms with Gasteiger partial charge in [-0.3, -0.25) is 9.69 Å². The summed E-state index contributed by atoms with van der Waals surface area (Å²) < 4.78 is 46.0. The van der Waals surface area contributed by atoms with Gasteiger partial charge in [0, 0.05) is 42.2 Å². The number of halogens is 7. The Morgan fingerprint density at radius 1 is 0.939 bits per heavy atom. The molecule has 3 atom stereocenters. The Morgan fingerprint density at radius 3 is 2.24 bits per heavy atom. The standard InChI is InChI=1S/C40H42Cl4N4O8.C6H3F3O/c1-5-10-25-15-17-27(18-16-25)30-20-39-24-46(36(50)55-29-13-9-11-26(19-29)23-54-48(52)53)22-32(39)47(37(51)56-38(3,4)40(42,43)44)34(39)33(30)35(49)45(6-2)21-28-12-7-8-14-31(28)41;7-3-1-2-4(8)6(10)5(3)9/h7-9,11-19,32,34H,5-6,10,20-24H2,1-4H3;1-2,10H. The zero-order valence-electron chi connectivity index (χ0n) is 36.0. The molecule has 2 aliphatic heterocycles. The van der Waals surface area contributed by atoms with Crippen molar-refractivity contribution in [2.75, 3.05) is 19.6 Å². The number of rotatable bonds is 12. The van der Waals surface area contributed by atoms with Gasteiger partial charge in [-0.2, -0.15) is 4.39 Å². The molecule has 0 radical (unpaired) electrons. The molecular weight excluding hydrogens is 951 g/mol. The van der Waals surface area contributed by atoms with E-state index in [2.05, 4.69) is 11.8 Å². The fraction of sp³-hybridized carbons (Fsp3) is 0.370. The highest BCUT2D eigenvalue weighted by Gasteiger charge is 2.73. The first-order valence-corrected chi connectivity index (χ1v) is 22.2. The van der Waals surface area contributed by atoms with E-state index in [9.17, 15) is 32.9 Å². The average Bonchev–Trinajstić information content (AvgIpc) is 3.73. The van der Waals surface area contributed by atoms with Gasteiger partial charge in [0.15, 0.2) is 23.0 Å². The molecule has 4 aromatic rings. The van der Waals surface area contributed by atoms with E-state index in [0.29, 0.717) is 41.3 Å². The monoisotopic (exact) mass is 994 g/mol. The lowest BCUT2D eigenvalue weighted by Crippen LogP contribution is -2.72. The summed E-state index contributed by atoms with van der Waals surface area (Å²) in [4.78, 5) is 63.2. The molecule has 2 fully saturated rings. The molecule has 20 heteroatoms. The van der Waals surface area contributed by atoms with Crippen molar-refractivity contribution >= 4 is 70.1 Å². The number of carbonyl (C=O) groups excluding carboxylic acids is 3. The molecular formula is C46H45Cl4F3N4O9. The second-order valence-corrected chi connectivity index (χ2v) is 19.1. The number of likely N-dealkylation sites (tertiary alicyclic amines) is 2. The molecule has 352 valence electrons. The Kier molecular flexibility index (Phi) is 15.3. The second-order valence-electron chi connectivity index (χ2n) is 16.4. The molecule has 3 aliphatic rings. The number of benzene rings is 4. The molecule has 1 aliphatic carbocycles. The van der Waals surface area contributed by atoms with Gasteiger partial charge in [-0.1, -0.05) is 114 Å². The Hall–Kier alpha value is -5.42. The third-order valence-corrected chi connectivity index (χ3v) is 13.6. The minimum absolute atomic E-state index is 0.0596. The van der Waals surface area contributed by atoms with Crippen LogP contribution in [-0.4, -0.2) is 84.1 Å². The van der Waals surface area contributed by atoms with Crippen LogP contribution in [0.2, 0.25) is 5.02 Å². The number of aryl methyl sites for hydroxylation is 1. The van der Waals surface area contributed by atoms with E-state index in [4.69, 9.17) is 61.0 Å². The topological polar surface area (TPSA) is 152 Å². The molecule has 4 aromatic carbocycles. The highest BCUT2D eigenvalue weighted by atomic mass is 35.6. The van der Waals surface area contributed by atoms with Gasteiger partial charge < -0.3 is 29.2 Å². The maximum Gasteiger partial charge on any atom is 0.415 e. The van der Waals surface area contributed by atoms with Gasteiger partial charge >= 0.3 is 12.2 Å². The van der Waals surface area contributed by atoms with E-state index in [1.807, 2.05) is 49.4 Å². The Bertz CT molecular complexity index is 2500. The number of phenolic OH excluding ortho intramolecular Hbond substituents is 1. The molecule has 1 spiro atoms. The first kappa shape index (κ1) is 50.0. The van der Waals surface area contributed by atoms with Gasteiger partial charge in [0.1, 0.15) is 12.4 Å². The number of likely N-dealkylation sites (N-methyl/N-ethyl adjacent to an activating group) is 1. The van der Waals surface area contributed by atoms with Crippen LogP contribution in [0.25, 0.3) is 5.57 Å². The van der Waals surface area contributed by atoms with E-state index in [-0.39, 0.29) is 37.9 Å². The number of amides is 3. The molecule has 66 heavy (non-hydrogen) atoms. The van der Waals surface area contributed by atoms with E-state index in [1.54, 1.807) is 29.2 Å². The summed E-state index contributed by atoms with van der Waals surface area (Å²) in [6.07, 6.45) is 0.725. The zero-order chi connectivity index (χ0) is 48.3. The molecule has 13 nitrogen and oxygen atoms in total. The molecule has 2 saturated heterocycles. The summed E-state index contributed by atoms with van der Waals surface area (Å²) in [5.41, 5.74) is 1.97. The number of ether oxygens (including phenoxy) is 2. The van der Waals surface area contributed by atoms with Crippen LogP contribution >= 0.6 is 46.4 Å². The van der Waals surface area contributed by atoms with Crippen LogP contribution in [0.4, 0.5) is 22.8 Å². The smallest absolute Gasteiger partial charge is 0.415 e. The minimum Gasteiger partial charge on any atom is -0.503 e. The average molecular weight is 997 g/mol. The van der Waals surface area contributed by atoms with Gasteiger partial charge in [0.25, 0.3) is 11.0 Å². The van der Waals surface area contributed by atoms with Crippen LogP contribution in [0.1, 0.15) is 62.8 Å². The Morgan fingerprint density at radius 2 is 1.62 bits per heavy atom. The normalized spacial score (nSPS) is 18.7. The number of allylic oxidation sites excluding steroid dienone is 1. The van der Waals surface area contributed by atoms with Gasteiger partial charge in [-0.15, -0.1) is 10.1 Å². The zero-order valence-corrected chi connectivity index (χ0v) is 39.1. The summed E-state index contributed by atoms with van der Waals surface area (Å²) >= 11 is 25.3. The van der Waals surface area contributed by atoms with Gasteiger partial charge in [0.05, 0.1) is 12.1 Å². The first-order chi connectivity index (χ1) is 31.1. The number of hydrogen-bond acceptors (Lipinski definition) is 9. The highest BCUT2D eigenvalue weighted by Crippen LogP contribution is 2.63. The van der Waals surface area contributed by atoms with Crippen LogP contribution in [-0.2, 0) is 33.9 Å². The molecule has 3 unspecified atom stereocenters. The van der Waals surface area contributed by atoms with Crippen molar-refractivity contribution in [3.63, 3.8) is 0 Å². The molecule has 0 bridgehead atoms. The quantitative estimate of drug-likeness (QED) is 0.0633. The van der Waals surface area contributed by atoms with Crippen molar-refractivity contribution in [3.8, 4) is 11.5 Å². The van der Waals surface area contributed by atoms with Crippen molar-refractivity contribution in [3.05, 3.63) is 145 Å². The number of hydrogen-bond donors (Lipinski definition) is 1. The van der Waals surface area contributed by atoms with Crippen molar-refractivity contribution < 1.29 is 52.1 Å². The maximum atomic E-state index is 15.0. The lowest BCUT2D eigenvalue weighted by atomic mass is 9.66. The largest absolute Gasteiger partial charge is 0.503 e. The molecule has 0 saturated carbocycles. The predicted octanol–water partition coefficient (Wildman–Crippen LogP) is 10.9. The Labute approximate surface area is 398 Å². The van der Waals surface area contributed by atoms with E-state index in [0.717, 1.165) is 35.1 Å². The minimum atomic E-state index is -1.99. The number of carbonyl (C=O) groups is 3. The van der Waals surface area contributed by atoms with E-state index < -0.39 is 67.4 Å². The summed E-state index contributed by atoms with van der Waals surface area (Å²) in [6, 6.07) is 21.5. The first-order valence-electron chi connectivity index (χ1n) is 20.7. The number of alkyl halides is 3. The fourth-order valence-electron chi connectivity index (χ4n) is 8.41. The van der Waals surface area contributed by atoms with Gasteiger partial charge in [0.2, 0.25) is 9.61 Å². The van der Waals surface area contributed by atoms with E-state index >= 15 is 4.79 Å². The molecule has 1 N–H and O–H groups in total. The van der Waals surface area contributed by atoms with Crippen molar-refractivity contribution in [2.45, 2.75) is 81.6 Å². The summed E-state index contributed by atoms with van der Waals surface area (Å²) in [5.74, 6) is -5.40. The van der Waals surface area contributed by atoms with Crippen LogP contribution in [0.15, 0.2) is 90.5 Å². The SMILES string of the molecule is CCCc1ccc(C2=C(C(=O)N(CC)Cc3ccccc3Cl)C3N(C(=O)OC(C)(C)C(Cl)(Cl)Cl)C4CN(C(=O)Oc5cccc(CO[N+](=O)[O-])c5)CC43C2)cc1.Oc1c(F)ccc(F)c1F. The summed E-state index contributed by atoms with van der Waals surface area (Å²) in [7, 11) is 0.